The fourth-order valence-corrected chi connectivity index (χ4v) is 1.53. The van der Waals surface area contributed by atoms with Gasteiger partial charge in [-0.05, 0) is 44.5 Å². The number of carbonyl (C=O) groups excluding carboxylic acids is 1. The molecule has 0 aromatic heterocycles. The SMILES string of the molecule is CCCCC(=O)c1ccc(OC(C)(C)C(=O)O)cc1. The molecule has 0 saturated carbocycles. The van der Waals surface area contributed by atoms with Crippen LogP contribution in [0.3, 0.4) is 0 Å². The Morgan fingerprint density at radius 3 is 2.26 bits per heavy atom. The van der Waals surface area contributed by atoms with Gasteiger partial charge in [0.15, 0.2) is 11.4 Å². The first-order chi connectivity index (χ1) is 8.86. The summed E-state index contributed by atoms with van der Waals surface area (Å²) in [5.41, 5.74) is -0.651. The number of hydrogen-bond donors (Lipinski definition) is 1. The zero-order valence-corrected chi connectivity index (χ0v) is 11.6. The molecule has 0 aliphatic carbocycles. The number of rotatable bonds is 7. The van der Waals surface area contributed by atoms with Gasteiger partial charge in [-0.2, -0.15) is 0 Å². The van der Waals surface area contributed by atoms with Crippen LogP contribution in [0.5, 0.6) is 5.75 Å². The second-order valence-corrected chi connectivity index (χ2v) is 4.97. The van der Waals surface area contributed by atoms with E-state index in [-0.39, 0.29) is 5.78 Å². The second-order valence-electron chi connectivity index (χ2n) is 4.97. The summed E-state index contributed by atoms with van der Waals surface area (Å²) in [5.74, 6) is -0.485. The predicted octanol–water partition coefficient (Wildman–Crippen LogP) is 3.30. The van der Waals surface area contributed by atoms with E-state index < -0.39 is 11.6 Å². The quantitative estimate of drug-likeness (QED) is 0.767. The van der Waals surface area contributed by atoms with Gasteiger partial charge in [-0.25, -0.2) is 4.79 Å². The lowest BCUT2D eigenvalue weighted by Crippen LogP contribution is -2.37. The number of aliphatic carboxylic acids is 1. The maximum absolute atomic E-state index is 11.8. The Balaban J connectivity index is 2.71. The molecule has 0 amide bonds. The third-order valence-electron chi connectivity index (χ3n) is 2.82. The van der Waals surface area contributed by atoms with Crippen LogP contribution in [0.4, 0.5) is 0 Å². The van der Waals surface area contributed by atoms with E-state index in [4.69, 9.17) is 9.84 Å². The van der Waals surface area contributed by atoms with Crippen molar-refractivity contribution in [3.05, 3.63) is 29.8 Å². The maximum atomic E-state index is 11.8. The highest BCUT2D eigenvalue weighted by Gasteiger charge is 2.29. The van der Waals surface area contributed by atoms with Crippen molar-refractivity contribution in [2.45, 2.75) is 45.6 Å². The maximum Gasteiger partial charge on any atom is 0.347 e. The fraction of sp³-hybridized carbons (Fsp3) is 0.467. The van der Waals surface area contributed by atoms with Crippen molar-refractivity contribution in [1.82, 2.24) is 0 Å². The molecule has 1 aromatic carbocycles. The van der Waals surface area contributed by atoms with Crippen LogP contribution >= 0.6 is 0 Å². The number of ketones is 1. The number of unbranched alkanes of at least 4 members (excludes halogenated alkanes) is 1. The van der Waals surface area contributed by atoms with E-state index in [0.29, 0.717) is 17.7 Å². The first-order valence-corrected chi connectivity index (χ1v) is 6.42. The molecule has 0 fully saturated rings. The topological polar surface area (TPSA) is 63.6 Å². The van der Waals surface area contributed by atoms with E-state index in [0.717, 1.165) is 12.8 Å². The van der Waals surface area contributed by atoms with Crippen LogP contribution < -0.4 is 4.74 Å². The Labute approximate surface area is 113 Å². The zero-order chi connectivity index (χ0) is 14.5. The molecule has 4 heteroatoms. The third kappa shape index (κ3) is 4.39. The summed E-state index contributed by atoms with van der Waals surface area (Å²) >= 11 is 0. The minimum atomic E-state index is -1.28. The van der Waals surface area contributed by atoms with Gasteiger partial charge < -0.3 is 9.84 Å². The molecule has 104 valence electrons. The van der Waals surface area contributed by atoms with Gasteiger partial charge in [-0.3, -0.25) is 4.79 Å². The van der Waals surface area contributed by atoms with Gasteiger partial charge in [0.1, 0.15) is 5.75 Å². The van der Waals surface area contributed by atoms with Gasteiger partial charge in [0.2, 0.25) is 0 Å². The molecule has 0 unspecified atom stereocenters. The summed E-state index contributed by atoms with van der Waals surface area (Å²) in [6, 6.07) is 6.60. The number of carboxylic acids is 1. The number of Topliss-reactive ketones (excluding diaryl/α,β-unsaturated/α-hetero) is 1. The van der Waals surface area contributed by atoms with Crippen molar-refractivity contribution in [3.63, 3.8) is 0 Å². The van der Waals surface area contributed by atoms with Crippen LogP contribution in [-0.4, -0.2) is 22.5 Å². The number of ether oxygens (including phenoxy) is 1. The standard InChI is InChI=1S/C15H20O4/c1-4-5-6-13(16)11-7-9-12(10-8-11)19-15(2,3)14(17)18/h7-10H,4-6H2,1-3H3,(H,17,18). The molecule has 0 atom stereocenters. The monoisotopic (exact) mass is 264 g/mol. The second kappa shape index (κ2) is 6.36. The van der Waals surface area contributed by atoms with Crippen LogP contribution in [0, 0.1) is 0 Å². The van der Waals surface area contributed by atoms with Gasteiger partial charge in [0.05, 0.1) is 0 Å². The molecular formula is C15H20O4. The molecule has 0 saturated heterocycles. The van der Waals surface area contributed by atoms with E-state index in [9.17, 15) is 9.59 Å². The van der Waals surface area contributed by atoms with Gasteiger partial charge in [-0.1, -0.05) is 13.3 Å². The molecule has 1 aromatic rings. The minimum absolute atomic E-state index is 0.103. The number of carbonyl (C=O) groups is 2. The number of benzene rings is 1. The van der Waals surface area contributed by atoms with E-state index in [1.54, 1.807) is 24.3 Å². The van der Waals surface area contributed by atoms with Gasteiger partial charge in [0, 0.05) is 12.0 Å². The summed E-state index contributed by atoms with van der Waals surface area (Å²) in [7, 11) is 0. The van der Waals surface area contributed by atoms with Crippen molar-refractivity contribution in [2.24, 2.45) is 0 Å². The van der Waals surface area contributed by atoms with E-state index >= 15 is 0 Å². The Morgan fingerprint density at radius 1 is 1.21 bits per heavy atom. The van der Waals surface area contributed by atoms with Crippen LogP contribution in [-0.2, 0) is 4.79 Å². The van der Waals surface area contributed by atoms with Crippen molar-refractivity contribution in [1.29, 1.82) is 0 Å². The van der Waals surface area contributed by atoms with Crippen LogP contribution in [0.15, 0.2) is 24.3 Å². The highest BCUT2D eigenvalue weighted by Crippen LogP contribution is 2.20. The average molecular weight is 264 g/mol. The van der Waals surface area contributed by atoms with Crippen molar-refractivity contribution in [3.8, 4) is 5.75 Å². The van der Waals surface area contributed by atoms with Crippen molar-refractivity contribution < 1.29 is 19.4 Å². The summed E-state index contributed by atoms with van der Waals surface area (Å²) < 4.78 is 5.37. The average Bonchev–Trinajstić information content (AvgIpc) is 2.36. The highest BCUT2D eigenvalue weighted by atomic mass is 16.5. The fourth-order valence-electron chi connectivity index (χ4n) is 1.53. The van der Waals surface area contributed by atoms with E-state index in [1.165, 1.54) is 13.8 Å². The summed E-state index contributed by atoms with van der Waals surface area (Å²) in [6.45, 7) is 5.00. The van der Waals surface area contributed by atoms with Gasteiger partial charge in [-0.15, -0.1) is 0 Å². The normalized spacial score (nSPS) is 11.1. The molecule has 0 aliphatic rings. The predicted molar refractivity (Wildman–Crippen MR) is 72.6 cm³/mol. The molecule has 19 heavy (non-hydrogen) atoms. The van der Waals surface area contributed by atoms with Crippen LogP contribution in [0.1, 0.15) is 50.4 Å². The van der Waals surface area contributed by atoms with Crippen molar-refractivity contribution >= 4 is 11.8 Å². The van der Waals surface area contributed by atoms with Gasteiger partial charge >= 0.3 is 5.97 Å². The Morgan fingerprint density at radius 2 is 1.79 bits per heavy atom. The molecule has 1 rings (SSSR count). The summed E-state index contributed by atoms with van der Waals surface area (Å²) in [4.78, 5) is 22.7. The van der Waals surface area contributed by atoms with Crippen LogP contribution in [0.2, 0.25) is 0 Å². The lowest BCUT2D eigenvalue weighted by Gasteiger charge is -2.21. The highest BCUT2D eigenvalue weighted by molar-refractivity contribution is 5.96. The third-order valence-corrected chi connectivity index (χ3v) is 2.82. The largest absolute Gasteiger partial charge is 0.478 e. The molecule has 0 spiro atoms. The zero-order valence-electron chi connectivity index (χ0n) is 11.6. The summed E-state index contributed by atoms with van der Waals surface area (Å²) in [5, 5.41) is 8.96. The lowest BCUT2D eigenvalue weighted by atomic mass is 10.1. The Hall–Kier alpha value is -1.84. The smallest absolute Gasteiger partial charge is 0.347 e. The molecular weight excluding hydrogens is 244 g/mol. The first-order valence-electron chi connectivity index (χ1n) is 6.42. The molecule has 0 heterocycles. The van der Waals surface area contributed by atoms with Gasteiger partial charge in [0.25, 0.3) is 0 Å². The molecule has 0 bridgehead atoms. The number of carboxylic acid groups (broad SMARTS) is 1. The Kier molecular flexibility index (Phi) is 5.10. The van der Waals surface area contributed by atoms with E-state index in [2.05, 4.69) is 0 Å². The van der Waals surface area contributed by atoms with Crippen LogP contribution in [0.25, 0.3) is 0 Å². The molecule has 1 N–H and O–H groups in total. The molecule has 0 radical (unpaired) electrons. The minimum Gasteiger partial charge on any atom is -0.478 e. The number of hydrogen-bond acceptors (Lipinski definition) is 3. The van der Waals surface area contributed by atoms with E-state index in [1.807, 2.05) is 6.92 Å². The first kappa shape index (κ1) is 15.2. The lowest BCUT2D eigenvalue weighted by molar-refractivity contribution is -0.152. The summed E-state index contributed by atoms with van der Waals surface area (Å²) in [6.07, 6.45) is 2.40. The molecule has 0 aliphatic heterocycles. The molecule has 4 nitrogen and oxygen atoms in total. The van der Waals surface area contributed by atoms with Crippen molar-refractivity contribution in [2.75, 3.05) is 0 Å². The Bertz CT molecular complexity index is 446.